The van der Waals surface area contributed by atoms with E-state index in [0.29, 0.717) is 0 Å². The van der Waals surface area contributed by atoms with Crippen LogP contribution in [0.25, 0.3) is 0 Å². The summed E-state index contributed by atoms with van der Waals surface area (Å²) >= 11 is 0. The fourth-order valence-corrected chi connectivity index (χ4v) is 1.15. The lowest BCUT2D eigenvalue weighted by Crippen LogP contribution is -2.04. The first-order chi connectivity index (χ1) is 6.09. The number of benzene rings is 1. The van der Waals surface area contributed by atoms with Crippen LogP contribution in [-0.2, 0) is 9.53 Å². The van der Waals surface area contributed by atoms with Crippen molar-refractivity contribution in [2.75, 3.05) is 0 Å². The maximum absolute atomic E-state index is 10.7. The Morgan fingerprint density at radius 1 is 1.31 bits per heavy atom. The molecule has 0 N–H and O–H groups in total. The van der Waals surface area contributed by atoms with Crippen molar-refractivity contribution >= 4 is 5.97 Å². The van der Waals surface area contributed by atoms with E-state index in [1.54, 1.807) is 0 Å². The normalized spacial score (nSPS) is 12.2. The lowest BCUT2D eigenvalue weighted by Gasteiger charge is -2.11. The summed E-state index contributed by atoms with van der Waals surface area (Å²) in [6, 6.07) is 7.97. The second-order valence-electron chi connectivity index (χ2n) is 3.16. The molecule has 1 unspecified atom stereocenters. The van der Waals surface area contributed by atoms with Gasteiger partial charge in [0.2, 0.25) is 0 Å². The fourth-order valence-electron chi connectivity index (χ4n) is 1.15. The zero-order valence-electron chi connectivity index (χ0n) is 8.20. The molecule has 0 radical (unpaired) electrons. The van der Waals surface area contributed by atoms with Crippen LogP contribution in [0.1, 0.15) is 31.1 Å². The van der Waals surface area contributed by atoms with Gasteiger partial charge >= 0.3 is 5.97 Å². The summed E-state index contributed by atoms with van der Waals surface area (Å²) < 4.78 is 5.04. The molecule has 0 spiro atoms. The molecule has 0 aliphatic rings. The third kappa shape index (κ3) is 2.90. The van der Waals surface area contributed by atoms with Gasteiger partial charge in [0.1, 0.15) is 6.10 Å². The molecule has 70 valence electrons. The van der Waals surface area contributed by atoms with Gasteiger partial charge in [0.15, 0.2) is 0 Å². The molecule has 2 heteroatoms. The van der Waals surface area contributed by atoms with Crippen LogP contribution in [-0.4, -0.2) is 5.97 Å². The molecule has 1 aromatic rings. The van der Waals surface area contributed by atoms with Gasteiger partial charge in [0.25, 0.3) is 0 Å². The molecule has 0 bridgehead atoms. The zero-order chi connectivity index (χ0) is 9.84. The molecule has 0 saturated carbocycles. The second kappa shape index (κ2) is 4.08. The minimum absolute atomic E-state index is 0.155. The number of aryl methyl sites for hydroxylation is 1. The molecule has 13 heavy (non-hydrogen) atoms. The lowest BCUT2D eigenvalue weighted by molar-refractivity contribution is -0.145. The van der Waals surface area contributed by atoms with Crippen molar-refractivity contribution in [3.63, 3.8) is 0 Å². The van der Waals surface area contributed by atoms with Gasteiger partial charge in [-0.05, 0) is 19.4 Å². The number of hydrogen-bond donors (Lipinski definition) is 0. The molecule has 0 aromatic heterocycles. The van der Waals surface area contributed by atoms with Gasteiger partial charge in [-0.2, -0.15) is 0 Å². The Morgan fingerprint density at radius 2 is 1.85 bits per heavy atom. The van der Waals surface area contributed by atoms with Crippen LogP contribution in [0.5, 0.6) is 0 Å². The van der Waals surface area contributed by atoms with Crippen LogP contribution >= 0.6 is 0 Å². The second-order valence-corrected chi connectivity index (χ2v) is 3.16. The third-order valence-corrected chi connectivity index (χ3v) is 1.89. The first-order valence-corrected chi connectivity index (χ1v) is 4.33. The Labute approximate surface area is 78.5 Å². The summed E-state index contributed by atoms with van der Waals surface area (Å²) in [7, 11) is 0. The van der Waals surface area contributed by atoms with Gasteiger partial charge in [0, 0.05) is 6.92 Å². The van der Waals surface area contributed by atoms with E-state index in [4.69, 9.17) is 4.74 Å². The highest BCUT2D eigenvalue weighted by Gasteiger charge is 2.06. The highest BCUT2D eigenvalue weighted by molar-refractivity contribution is 5.66. The topological polar surface area (TPSA) is 26.3 Å². The van der Waals surface area contributed by atoms with E-state index >= 15 is 0 Å². The number of carbonyl (C=O) groups excluding carboxylic acids is 1. The zero-order valence-corrected chi connectivity index (χ0v) is 8.20. The summed E-state index contributed by atoms with van der Waals surface area (Å²) in [5.41, 5.74) is 2.24. The van der Waals surface area contributed by atoms with Crippen molar-refractivity contribution in [3.05, 3.63) is 35.4 Å². The summed E-state index contributed by atoms with van der Waals surface area (Å²) in [6.45, 7) is 5.32. The average molecular weight is 178 g/mol. The predicted molar refractivity (Wildman–Crippen MR) is 51.4 cm³/mol. The van der Waals surface area contributed by atoms with E-state index in [0.717, 1.165) is 5.56 Å². The van der Waals surface area contributed by atoms with E-state index in [-0.39, 0.29) is 12.1 Å². The van der Waals surface area contributed by atoms with Crippen LogP contribution in [0.15, 0.2) is 24.3 Å². The SMILES string of the molecule is CC(=O)OC(C)c1ccc(C)cc1. The molecule has 0 saturated heterocycles. The molecule has 0 fully saturated rings. The van der Waals surface area contributed by atoms with E-state index in [1.165, 1.54) is 12.5 Å². The van der Waals surface area contributed by atoms with Gasteiger partial charge in [0.05, 0.1) is 0 Å². The highest BCUT2D eigenvalue weighted by atomic mass is 16.5. The van der Waals surface area contributed by atoms with Crippen LogP contribution < -0.4 is 0 Å². The number of ether oxygens (including phenoxy) is 1. The Morgan fingerprint density at radius 3 is 2.31 bits per heavy atom. The van der Waals surface area contributed by atoms with Crippen LogP contribution in [0, 0.1) is 6.92 Å². The van der Waals surface area contributed by atoms with Gasteiger partial charge in [-0.3, -0.25) is 4.79 Å². The third-order valence-electron chi connectivity index (χ3n) is 1.89. The van der Waals surface area contributed by atoms with Crippen LogP contribution in [0.2, 0.25) is 0 Å². The minimum atomic E-state index is -0.243. The maximum Gasteiger partial charge on any atom is 0.303 e. The summed E-state index contributed by atoms with van der Waals surface area (Å²) in [5.74, 6) is -0.243. The van der Waals surface area contributed by atoms with Crippen molar-refractivity contribution in [1.82, 2.24) is 0 Å². The Balaban J connectivity index is 2.71. The average Bonchev–Trinajstić information content (AvgIpc) is 2.04. The fraction of sp³-hybridized carbons (Fsp3) is 0.364. The van der Waals surface area contributed by atoms with Crippen molar-refractivity contribution in [2.45, 2.75) is 26.9 Å². The van der Waals surface area contributed by atoms with E-state index in [2.05, 4.69) is 0 Å². The molecule has 0 amide bonds. The van der Waals surface area contributed by atoms with Gasteiger partial charge in [-0.25, -0.2) is 0 Å². The Hall–Kier alpha value is -1.31. The minimum Gasteiger partial charge on any atom is -0.458 e. The molecule has 1 rings (SSSR count). The lowest BCUT2D eigenvalue weighted by atomic mass is 10.1. The van der Waals surface area contributed by atoms with Crippen molar-refractivity contribution in [1.29, 1.82) is 0 Å². The molecular formula is C11H14O2. The van der Waals surface area contributed by atoms with Gasteiger partial charge in [-0.15, -0.1) is 0 Å². The summed E-state index contributed by atoms with van der Waals surface area (Å²) in [5, 5.41) is 0. The maximum atomic E-state index is 10.7. The number of rotatable bonds is 2. The van der Waals surface area contributed by atoms with Crippen molar-refractivity contribution < 1.29 is 9.53 Å². The number of carbonyl (C=O) groups is 1. The molecule has 1 atom stereocenters. The van der Waals surface area contributed by atoms with E-state index in [9.17, 15) is 4.79 Å². The molecule has 0 aliphatic heterocycles. The number of esters is 1. The van der Waals surface area contributed by atoms with Crippen LogP contribution in [0.3, 0.4) is 0 Å². The van der Waals surface area contributed by atoms with Crippen LogP contribution in [0.4, 0.5) is 0 Å². The standard InChI is InChI=1S/C11H14O2/c1-8-4-6-11(7-5-8)9(2)13-10(3)12/h4-7,9H,1-3H3. The smallest absolute Gasteiger partial charge is 0.303 e. The van der Waals surface area contributed by atoms with Crippen molar-refractivity contribution in [2.24, 2.45) is 0 Å². The Kier molecular flexibility index (Phi) is 3.07. The first kappa shape index (κ1) is 9.78. The largest absolute Gasteiger partial charge is 0.458 e. The summed E-state index contributed by atoms with van der Waals surface area (Å²) in [6.07, 6.45) is -0.155. The molecule has 0 heterocycles. The summed E-state index contributed by atoms with van der Waals surface area (Å²) in [4.78, 5) is 10.7. The van der Waals surface area contributed by atoms with E-state index < -0.39 is 0 Å². The van der Waals surface area contributed by atoms with E-state index in [1.807, 2.05) is 38.1 Å². The van der Waals surface area contributed by atoms with Gasteiger partial charge < -0.3 is 4.74 Å². The predicted octanol–water partition coefficient (Wildman–Crippen LogP) is 2.62. The highest BCUT2D eigenvalue weighted by Crippen LogP contribution is 2.16. The van der Waals surface area contributed by atoms with Gasteiger partial charge in [-0.1, -0.05) is 29.8 Å². The monoisotopic (exact) mass is 178 g/mol. The molecule has 2 nitrogen and oxygen atoms in total. The quantitative estimate of drug-likeness (QED) is 0.651. The molecular weight excluding hydrogens is 164 g/mol. The first-order valence-electron chi connectivity index (χ1n) is 4.33. The van der Waals surface area contributed by atoms with Crippen molar-refractivity contribution in [3.8, 4) is 0 Å². The molecule has 1 aromatic carbocycles. The molecule has 0 aliphatic carbocycles. The Bertz CT molecular complexity index is 287. The number of hydrogen-bond acceptors (Lipinski definition) is 2.